The maximum absolute atomic E-state index is 12.9. The van der Waals surface area contributed by atoms with Gasteiger partial charge < -0.3 is 5.73 Å². The summed E-state index contributed by atoms with van der Waals surface area (Å²) in [5.74, 6) is 0.751. The zero-order valence-electron chi connectivity index (χ0n) is 16.5. The molecule has 0 aliphatic heterocycles. The monoisotopic (exact) mass is 365 g/mol. The van der Waals surface area contributed by atoms with Gasteiger partial charge in [-0.25, -0.2) is 4.57 Å². The topological polar surface area (TPSA) is 70.8 Å². The quantitative estimate of drug-likeness (QED) is 0.273. The Balaban J connectivity index is 4.60. The molecule has 0 saturated heterocycles. The van der Waals surface area contributed by atoms with Crippen LogP contribution in [0.15, 0.2) is 0 Å². The molecule has 146 valence electrons. The Morgan fingerprint density at radius 2 is 1.29 bits per heavy atom. The van der Waals surface area contributed by atoms with Crippen LogP contribution in [0.25, 0.3) is 0 Å². The molecule has 5 nitrogen and oxygen atoms in total. The molecule has 0 spiro atoms. The van der Waals surface area contributed by atoms with E-state index >= 15 is 0 Å². The van der Waals surface area contributed by atoms with Crippen molar-refractivity contribution in [2.24, 2.45) is 17.6 Å². The summed E-state index contributed by atoms with van der Waals surface area (Å²) in [5.41, 5.74) is 5.66. The first-order valence-corrected chi connectivity index (χ1v) is 11.2. The van der Waals surface area contributed by atoms with Crippen molar-refractivity contribution in [2.75, 3.05) is 13.2 Å². The van der Waals surface area contributed by atoms with Gasteiger partial charge in [-0.3, -0.25) is 13.6 Å². The molecule has 2 N–H and O–H groups in total. The van der Waals surface area contributed by atoms with E-state index in [1.807, 2.05) is 0 Å². The van der Waals surface area contributed by atoms with E-state index in [9.17, 15) is 4.57 Å². The predicted octanol–water partition coefficient (Wildman–Crippen LogP) is 5.88. The zero-order valence-corrected chi connectivity index (χ0v) is 17.4. The minimum Gasteiger partial charge on any atom is -0.306 e. The molecular formula is C18H40NO4P. The fraction of sp³-hybridized carbons (Fsp3) is 1.00. The standard InChI is InChI=1S/C18H40NO4P/c1-6-10-12-17(8-3)14-21-24(20,23-16(5)19)22-15-18(9-4)13-11-7-2/h16-18H,6-15,19H2,1-5H3. The molecule has 0 aromatic heterocycles. The van der Waals surface area contributed by atoms with Crippen LogP contribution < -0.4 is 5.73 Å². The zero-order chi connectivity index (χ0) is 18.4. The van der Waals surface area contributed by atoms with Crippen molar-refractivity contribution in [3.8, 4) is 0 Å². The lowest BCUT2D eigenvalue weighted by Crippen LogP contribution is -2.21. The van der Waals surface area contributed by atoms with Crippen molar-refractivity contribution in [3.63, 3.8) is 0 Å². The van der Waals surface area contributed by atoms with Crippen molar-refractivity contribution in [1.29, 1.82) is 0 Å². The highest BCUT2D eigenvalue weighted by atomic mass is 31.2. The van der Waals surface area contributed by atoms with Gasteiger partial charge in [0.2, 0.25) is 0 Å². The molecular weight excluding hydrogens is 325 g/mol. The summed E-state index contributed by atoms with van der Waals surface area (Å²) in [4.78, 5) is 0. The second-order valence-corrected chi connectivity index (χ2v) is 8.30. The molecule has 24 heavy (non-hydrogen) atoms. The van der Waals surface area contributed by atoms with E-state index in [4.69, 9.17) is 19.3 Å². The van der Waals surface area contributed by atoms with Gasteiger partial charge in [-0.05, 0) is 31.6 Å². The second-order valence-electron chi connectivity index (χ2n) is 6.68. The van der Waals surface area contributed by atoms with Crippen LogP contribution in [0.3, 0.4) is 0 Å². The first-order valence-electron chi connectivity index (χ1n) is 9.73. The number of phosphoric ester groups is 1. The molecule has 0 aromatic rings. The Hall–Kier alpha value is 0.0700. The number of rotatable bonds is 16. The summed E-state index contributed by atoms with van der Waals surface area (Å²) in [6.07, 6.45) is 8.04. The Bertz CT molecular complexity index is 315. The van der Waals surface area contributed by atoms with E-state index in [1.165, 1.54) is 0 Å². The summed E-state index contributed by atoms with van der Waals surface area (Å²) >= 11 is 0. The van der Waals surface area contributed by atoms with Gasteiger partial charge >= 0.3 is 7.82 Å². The van der Waals surface area contributed by atoms with Gasteiger partial charge in [0.15, 0.2) is 0 Å². The van der Waals surface area contributed by atoms with E-state index in [-0.39, 0.29) is 0 Å². The molecule has 3 unspecified atom stereocenters. The second kappa shape index (κ2) is 14.3. The third-order valence-corrected chi connectivity index (χ3v) is 5.84. The average Bonchev–Trinajstić information content (AvgIpc) is 2.54. The van der Waals surface area contributed by atoms with Gasteiger partial charge in [-0.2, -0.15) is 0 Å². The van der Waals surface area contributed by atoms with Crippen LogP contribution in [-0.2, 0) is 18.1 Å². The van der Waals surface area contributed by atoms with Crippen LogP contribution in [-0.4, -0.2) is 19.4 Å². The molecule has 0 amide bonds. The summed E-state index contributed by atoms with van der Waals surface area (Å²) < 4.78 is 29.4. The predicted molar refractivity (Wildman–Crippen MR) is 101 cm³/mol. The fourth-order valence-electron chi connectivity index (χ4n) is 2.49. The minimum atomic E-state index is -3.60. The smallest absolute Gasteiger partial charge is 0.306 e. The highest BCUT2D eigenvalue weighted by Gasteiger charge is 2.30. The van der Waals surface area contributed by atoms with Gasteiger partial charge in [0, 0.05) is 0 Å². The molecule has 0 aliphatic rings. The van der Waals surface area contributed by atoms with Gasteiger partial charge in [0.25, 0.3) is 0 Å². The third-order valence-electron chi connectivity index (χ3n) is 4.32. The molecule has 0 rings (SSSR count). The van der Waals surface area contributed by atoms with Crippen molar-refractivity contribution in [1.82, 2.24) is 0 Å². The molecule has 0 bridgehead atoms. The largest absolute Gasteiger partial charge is 0.476 e. The highest BCUT2D eigenvalue weighted by molar-refractivity contribution is 7.48. The Morgan fingerprint density at radius 3 is 1.58 bits per heavy atom. The average molecular weight is 365 g/mol. The van der Waals surface area contributed by atoms with Gasteiger partial charge in [-0.15, -0.1) is 0 Å². The summed E-state index contributed by atoms with van der Waals surface area (Å²) in [6, 6.07) is 0. The Morgan fingerprint density at radius 1 is 0.875 bits per heavy atom. The lowest BCUT2D eigenvalue weighted by Gasteiger charge is -2.24. The molecule has 0 aromatic carbocycles. The SMILES string of the molecule is CCCCC(CC)COP(=O)(OCC(CC)CCCC)OC(C)N. The highest BCUT2D eigenvalue weighted by Crippen LogP contribution is 2.51. The van der Waals surface area contributed by atoms with Crippen LogP contribution in [0, 0.1) is 11.8 Å². The normalized spacial score (nSPS) is 18.1. The third kappa shape index (κ3) is 11.6. The van der Waals surface area contributed by atoms with Crippen LogP contribution in [0.4, 0.5) is 0 Å². The number of hydrogen-bond donors (Lipinski definition) is 1. The number of hydrogen-bond acceptors (Lipinski definition) is 5. The van der Waals surface area contributed by atoms with E-state index in [2.05, 4.69) is 27.7 Å². The van der Waals surface area contributed by atoms with Crippen LogP contribution in [0.1, 0.15) is 86.0 Å². The first-order chi connectivity index (χ1) is 11.4. The van der Waals surface area contributed by atoms with Gasteiger partial charge in [0.1, 0.15) is 6.23 Å². The van der Waals surface area contributed by atoms with Crippen LogP contribution in [0.5, 0.6) is 0 Å². The Kier molecular flexibility index (Phi) is 14.3. The Labute approximate surface area is 149 Å². The van der Waals surface area contributed by atoms with Crippen molar-refractivity contribution >= 4 is 7.82 Å². The van der Waals surface area contributed by atoms with Gasteiger partial charge in [-0.1, -0.05) is 66.2 Å². The van der Waals surface area contributed by atoms with Crippen molar-refractivity contribution in [3.05, 3.63) is 0 Å². The molecule has 6 heteroatoms. The molecule has 0 heterocycles. The summed E-state index contributed by atoms with van der Waals surface area (Å²) in [5, 5.41) is 0. The lowest BCUT2D eigenvalue weighted by molar-refractivity contribution is 0.0646. The lowest BCUT2D eigenvalue weighted by atomic mass is 10.0. The van der Waals surface area contributed by atoms with Crippen molar-refractivity contribution < 1.29 is 18.1 Å². The van der Waals surface area contributed by atoms with Crippen LogP contribution >= 0.6 is 7.82 Å². The summed E-state index contributed by atoms with van der Waals surface area (Å²) in [6.45, 7) is 11.0. The molecule has 0 fully saturated rings. The van der Waals surface area contributed by atoms with Crippen LogP contribution in [0.2, 0.25) is 0 Å². The molecule has 3 atom stereocenters. The molecule has 0 radical (unpaired) electrons. The number of phosphoric acid groups is 1. The maximum Gasteiger partial charge on any atom is 0.476 e. The van der Waals surface area contributed by atoms with E-state index in [1.54, 1.807) is 6.92 Å². The van der Waals surface area contributed by atoms with Crippen molar-refractivity contribution in [2.45, 2.75) is 92.2 Å². The van der Waals surface area contributed by atoms with E-state index in [0.717, 1.165) is 51.4 Å². The molecule has 0 saturated carbocycles. The first kappa shape index (κ1) is 24.1. The minimum absolute atomic E-state index is 0.376. The molecule has 0 aliphatic carbocycles. The fourth-order valence-corrected chi connectivity index (χ4v) is 3.88. The van der Waals surface area contributed by atoms with E-state index < -0.39 is 14.1 Å². The van der Waals surface area contributed by atoms with Gasteiger partial charge in [0.05, 0.1) is 13.2 Å². The van der Waals surface area contributed by atoms with E-state index in [0.29, 0.717) is 25.0 Å². The maximum atomic E-state index is 12.9. The number of unbranched alkanes of at least 4 members (excludes halogenated alkanes) is 2. The summed E-state index contributed by atoms with van der Waals surface area (Å²) in [7, 11) is -3.60. The number of nitrogens with two attached hydrogens (primary N) is 1.